The molecule has 0 aliphatic carbocycles. The maximum Gasteiger partial charge on any atom is 0.227 e. The standard InChI is InChI=1S/C11H21N3OS/c1-5-8-6-13-10(16-8)14-7-11(2,3)9(15)12-4/h8H,5-7H2,1-4H3,(H,12,15)(H,13,14). The van der Waals surface area contributed by atoms with Crippen LogP contribution in [0.25, 0.3) is 0 Å². The summed E-state index contributed by atoms with van der Waals surface area (Å²) < 4.78 is 0. The second kappa shape index (κ2) is 5.57. The number of hydrogen-bond donors (Lipinski definition) is 2. The molecule has 1 heterocycles. The van der Waals surface area contributed by atoms with E-state index < -0.39 is 5.41 Å². The maximum atomic E-state index is 11.6. The molecule has 1 unspecified atom stereocenters. The molecule has 1 aliphatic rings. The summed E-state index contributed by atoms with van der Waals surface area (Å²) in [6.07, 6.45) is 1.14. The van der Waals surface area contributed by atoms with Gasteiger partial charge in [-0.1, -0.05) is 18.7 Å². The van der Waals surface area contributed by atoms with Gasteiger partial charge in [0, 0.05) is 18.8 Å². The molecule has 92 valence electrons. The van der Waals surface area contributed by atoms with Crippen LogP contribution in [-0.4, -0.2) is 36.5 Å². The van der Waals surface area contributed by atoms with Crippen LogP contribution in [0.5, 0.6) is 0 Å². The monoisotopic (exact) mass is 243 g/mol. The number of hydrogen-bond acceptors (Lipinski definition) is 4. The fourth-order valence-corrected chi connectivity index (χ4v) is 2.38. The van der Waals surface area contributed by atoms with Crippen LogP contribution in [0.4, 0.5) is 0 Å². The Morgan fingerprint density at radius 1 is 1.62 bits per heavy atom. The van der Waals surface area contributed by atoms with Crippen molar-refractivity contribution < 1.29 is 4.79 Å². The van der Waals surface area contributed by atoms with Crippen molar-refractivity contribution in [3.05, 3.63) is 0 Å². The molecular formula is C11H21N3OS. The van der Waals surface area contributed by atoms with Gasteiger partial charge < -0.3 is 10.6 Å². The van der Waals surface area contributed by atoms with Crippen LogP contribution in [0, 0.1) is 5.41 Å². The molecule has 0 radical (unpaired) electrons. The largest absolute Gasteiger partial charge is 0.364 e. The third kappa shape index (κ3) is 3.40. The minimum absolute atomic E-state index is 0.0515. The quantitative estimate of drug-likeness (QED) is 0.781. The van der Waals surface area contributed by atoms with E-state index >= 15 is 0 Å². The fraction of sp³-hybridized carbons (Fsp3) is 0.818. The van der Waals surface area contributed by atoms with E-state index in [1.807, 2.05) is 13.8 Å². The number of carbonyl (C=O) groups excluding carboxylic acids is 1. The van der Waals surface area contributed by atoms with Crippen LogP contribution >= 0.6 is 11.8 Å². The predicted octanol–water partition coefficient (Wildman–Crippen LogP) is 1.23. The average Bonchev–Trinajstić information content (AvgIpc) is 2.73. The van der Waals surface area contributed by atoms with E-state index in [9.17, 15) is 4.79 Å². The first kappa shape index (κ1) is 13.4. The van der Waals surface area contributed by atoms with Crippen LogP contribution in [0.15, 0.2) is 4.99 Å². The van der Waals surface area contributed by atoms with Crippen LogP contribution in [0.3, 0.4) is 0 Å². The lowest BCUT2D eigenvalue weighted by Gasteiger charge is -2.23. The van der Waals surface area contributed by atoms with E-state index in [4.69, 9.17) is 0 Å². The molecule has 1 rings (SSSR count). The van der Waals surface area contributed by atoms with Gasteiger partial charge in [0.15, 0.2) is 5.17 Å². The first-order valence-corrected chi connectivity index (χ1v) is 6.54. The fourth-order valence-electron chi connectivity index (χ4n) is 1.44. The molecule has 0 bridgehead atoms. The number of nitrogens with one attached hydrogen (secondary N) is 2. The van der Waals surface area contributed by atoms with Crippen LogP contribution in [0.1, 0.15) is 27.2 Å². The predicted molar refractivity (Wildman–Crippen MR) is 69.8 cm³/mol. The highest BCUT2D eigenvalue weighted by Crippen LogP contribution is 2.23. The van der Waals surface area contributed by atoms with E-state index in [-0.39, 0.29) is 5.91 Å². The minimum atomic E-state index is -0.401. The van der Waals surface area contributed by atoms with Gasteiger partial charge in [-0.15, -0.1) is 0 Å². The topological polar surface area (TPSA) is 53.5 Å². The third-order valence-corrected chi connectivity index (χ3v) is 4.01. The Balaban J connectivity index is 2.38. The molecule has 0 aromatic heterocycles. The summed E-state index contributed by atoms with van der Waals surface area (Å²) >= 11 is 1.78. The molecule has 0 saturated carbocycles. The Morgan fingerprint density at radius 2 is 2.31 bits per heavy atom. The van der Waals surface area contributed by atoms with Crippen molar-refractivity contribution in [2.24, 2.45) is 10.4 Å². The zero-order chi connectivity index (χ0) is 12.2. The minimum Gasteiger partial charge on any atom is -0.364 e. The molecule has 0 fully saturated rings. The van der Waals surface area contributed by atoms with Gasteiger partial charge in [0.2, 0.25) is 5.91 Å². The number of rotatable bonds is 4. The molecule has 1 aliphatic heterocycles. The molecule has 5 heteroatoms. The molecular weight excluding hydrogens is 222 g/mol. The Morgan fingerprint density at radius 3 is 2.81 bits per heavy atom. The number of carbonyl (C=O) groups is 1. The third-order valence-electron chi connectivity index (χ3n) is 2.70. The summed E-state index contributed by atoms with van der Waals surface area (Å²) in [6.45, 7) is 7.54. The van der Waals surface area contributed by atoms with E-state index in [0.717, 1.165) is 18.1 Å². The lowest BCUT2D eigenvalue weighted by Crippen LogP contribution is -2.43. The van der Waals surface area contributed by atoms with Gasteiger partial charge in [0.25, 0.3) is 0 Å². The van der Waals surface area contributed by atoms with Gasteiger partial charge >= 0.3 is 0 Å². The molecule has 4 nitrogen and oxygen atoms in total. The van der Waals surface area contributed by atoms with Gasteiger partial charge in [0.05, 0.1) is 12.0 Å². The first-order chi connectivity index (χ1) is 7.49. The Kier molecular flexibility index (Phi) is 4.65. The van der Waals surface area contributed by atoms with Crippen molar-refractivity contribution in [2.45, 2.75) is 32.4 Å². The molecule has 0 saturated heterocycles. The number of amides is 1. The van der Waals surface area contributed by atoms with Crippen LogP contribution in [-0.2, 0) is 4.79 Å². The summed E-state index contributed by atoms with van der Waals surface area (Å²) in [5, 5.41) is 7.51. The van der Waals surface area contributed by atoms with Crippen LogP contribution < -0.4 is 10.6 Å². The highest BCUT2D eigenvalue weighted by Gasteiger charge is 2.27. The van der Waals surface area contributed by atoms with Gasteiger partial charge in [-0.25, -0.2) is 0 Å². The first-order valence-electron chi connectivity index (χ1n) is 5.66. The molecule has 1 amide bonds. The Labute approximate surface area is 102 Å². The van der Waals surface area contributed by atoms with Crippen molar-refractivity contribution in [3.8, 4) is 0 Å². The molecule has 2 N–H and O–H groups in total. The summed E-state index contributed by atoms with van der Waals surface area (Å²) in [4.78, 5) is 16.0. The van der Waals surface area contributed by atoms with Crippen molar-refractivity contribution in [1.29, 1.82) is 0 Å². The van der Waals surface area contributed by atoms with Crippen molar-refractivity contribution in [1.82, 2.24) is 10.6 Å². The highest BCUT2D eigenvalue weighted by atomic mass is 32.2. The summed E-state index contributed by atoms with van der Waals surface area (Å²) in [5.74, 6) is 0.0515. The normalized spacial score (nSPS) is 20.5. The van der Waals surface area contributed by atoms with Gasteiger partial charge in [0.1, 0.15) is 0 Å². The number of thioether (sulfide) groups is 1. The SMILES string of the molecule is CCC1CN=C(NCC(C)(C)C(=O)NC)S1. The van der Waals surface area contributed by atoms with Crippen molar-refractivity contribution in [3.63, 3.8) is 0 Å². The maximum absolute atomic E-state index is 11.6. The van der Waals surface area contributed by atoms with Gasteiger partial charge in [-0.2, -0.15) is 0 Å². The molecule has 0 spiro atoms. The summed E-state index contributed by atoms with van der Waals surface area (Å²) in [6, 6.07) is 0. The number of aliphatic imine (C=N–C) groups is 1. The van der Waals surface area contributed by atoms with E-state index in [0.29, 0.717) is 11.8 Å². The van der Waals surface area contributed by atoms with E-state index in [2.05, 4.69) is 22.5 Å². The van der Waals surface area contributed by atoms with Crippen LogP contribution in [0.2, 0.25) is 0 Å². The summed E-state index contributed by atoms with van der Waals surface area (Å²) in [7, 11) is 1.67. The molecule has 16 heavy (non-hydrogen) atoms. The van der Waals surface area contributed by atoms with Gasteiger partial charge in [-0.3, -0.25) is 9.79 Å². The zero-order valence-electron chi connectivity index (χ0n) is 10.5. The Bertz CT molecular complexity index is 289. The Hall–Kier alpha value is -0.710. The lowest BCUT2D eigenvalue weighted by atomic mass is 9.92. The number of nitrogens with zero attached hydrogens (tertiary/aromatic N) is 1. The van der Waals surface area contributed by atoms with Crippen molar-refractivity contribution in [2.75, 3.05) is 20.1 Å². The van der Waals surface area contributed by atoms with Crippen molar-refractivity contribution >= 4 is 22.8 Å². The molecule has 0 aromatic carbocycles. The zero-order valence-corrected chi connectivity index (χ0v) is 11.3. The molecule has 1 atom stereocenters. The lowest BCUT2D eigenvalue weighted by molar-refractivity contribution is -0.128. The average molecular weight is 243 g/mol. The van der Waals surface area contributed by atoms with E-state index in [1.54, 1.807) is 18.8 Å². The van der Waals surface area contributed by atoms with Gasteiger partial charge in [-0.05, 0) is 20.3 Å². The molecule has 0 aromatic rings. The van der Waals surface area contributed by atoms with E-state index in [1.165, 1.54) is 0 Å². The second-order valence-electron chi connectivity index (χ2n) is 4.61. The summed E-state index contributed by atoms with van der Waals surface area (Å²) in [5.41, 5.74) is -0.401. The highest BCUT2D eigenvalue weighted by molar-refractivity contribution is 8.14. The smallest absolute Gasteiger partial charge is 0.227 e. The second-order valence-corrected chi connectivity index (χ2v) is 5.90. The number of amidine groups is 1.